The molecule has 0 aromatic heterocycles. The molecule has 0 N–H and O–H groups in total. The SMILES string of the molecule is C=Cc1ccc(COc2ccc(C3(c4cc(C)ccc4C)c4ccccc4-c4ccc(-c5ccc(N(c6ccc(-c7ccc(N(c8ccc(-c9ccc%10c(c9)C(c9ccc(OCc%11ccc(C=C)cc%11)cc9)(c9cc(C)ccc9C)c9ccccc9-%10)cc8)c8ccc(-c9ccccc9F)cc8)cc7)cc6)c6ccc(-c7ccccc7F)cc6)cc5)cc43)cc2)cc1. The van der Waals surface area contributed by atoms with Gasteiger partial charge in [0, 0.05) is 45.3 Å². The lowest BCUT2D eigenvalue weighted by atomic mass is 9.66. The molecule has 2 atom stereocenters. The Morgan fingerprint density at radius 3 is 0.865 bits per heavy atom. The number of rotatable bonds is 23. The first-order valence-electron chi connectivity index (χ1n) is 43.0. The number of benzene rings is 18. The van der Waals surface area contributed by atoms with E-state index in [1.807, 2.05) is 60.7 Å². The smallest absolute Gasteiger partial charge is 0.131 e. The number of aryl methyl sites for hydroxylation is 4. The second-order valence-corrected chi connectivity index (χ2v) is 33.2. The predicted molar refractivity (Wildman–Crippen MR) is 518 cm³/mol. The minimum Gasteiger partial charge on any atom is -0.489 e. The minimum absolute atomic E-state index is 0.269. The van der Waals surface area contributed by atoms with E-state index < -0.39 is 10.8 Å². The van der Waals surface area contributed by atoms with Crippen molar-refractivity contribution < 1.29 is 18.3 Å². The number of fused-ring (bicyclic) bond motifs is 6. The first kappa shape index (κ1) is 79.0. The van der Waals surface area contributed by atoms with Crippen LogP contribution >= 0.6 is 0 Å². The molecule has 0 fully saturated rings. The maximum absolute atomic E-state index is 15.5. The van der Waals surface area contributed by atoms with Gasteiger partial charge in [-0.05, 0) is 294 Å². The maximum Gasteiger partial charge on any atom is 0.131 e. The third-order valence-corrected chi connectivity index (χ3v) is 25.6. The van der Waals surface area contributed by atoms with Crippen molar-refractivity contribution >= 4 is 46.3 Å². The molecule has 0 amide bonds. The Morgan fingerprint density at radius 2 is 0.540 bits per heavy atom. The van der Waals surface area contributed by atoms with Gasteiger partial charge < -0.3 is 19.3 Å². The van der Waals surface area contributed by atoms with Crippen molar-refractivity contribution in [2.24, 2.45) is 0 Å². The van der Waals surface area contributed by atoms with Crippen LogP contribution in [-0.4, -0.2) is 0 Å². The van der Waals surface area contributed by atoms with Crippen LogP contribution in [0.3, 0.4) is 0 Å². The van der Waals surface area contributed by atoms with Gasteiger partial charge in [0.05, 0.1) is 10.8 Å². The van der Waals surface area contributed by atoms with E-state index in [0.29, 0.717) is 24.3 Å². The highest BCUT2D eigenvalue weighted by Crippen LogP contribution is 2.60. The summed E-state index contributed by atoms with van der Waals surface area (Å²) in [4.78, 5) is 4.54. The van der Waals surface area contributed by atoms with E-state index in [4.69, 9.17) is 9.47 Å². The summed E-state index contributed by atoms with van der Waals surface area (Å²) in [6.07, 6.45) is 3.71. The predicted octanol–water partition coefficient (Wildman–Crippen LogP) is 31.6. The Morgan fingerprint density at radius 1 is 0.254 bits per heavy atom. The molecule has 126 heavy (non-hydrogen) atoms. The van der Waals surface area contributed by atoms with Crippen LogP contribution < -0.4 is 19.3 Å². The molecule has 606 valence electrons. The second-order valence-electron chi connectivity index (χ2n) is 33.2. The second kappa shape index (κ2) is 33.4. The molecule has 0 heterocycles. The summed E-state index contributed by atoms with van der Waals surface area (Å²) in [5.41, 5.74) is 37.2. The monoisotopic (exact) mass is 1630 g/mol. The van der Waals surface area contributed by atoms with Crippen molar-refractivity contribution in [3.63, 3.8) is 0 Å². The maximum atomic E-state index is 15.5. The van der Waals surface area contributed by atoms with Crippen LogP contribution in [0.1, 0.15) is 89.0 Å². The van der Waals surface area contributed by atoms with Gasteiger partial charge >= 0.3 is 0 Å². The van der Waals surface area contributed by atoms with Crippen molar-refractivity contribution in [3.05, 3.63) is 526 Å². The molecule has 0 aliphatic heterocycles. The molecule has 2 aliphatic rings. The lowest BCUT2D eigenvalue weighted by Crippen LogP contribution is -2.29. The lowest BCUT2D eigenvalue weighted by Gasteiger charge is -2.35. The van der Waals surface area contributed by atoms with Gasteiger partial charge in [0.1, 0.15) is 36.3 Å². The third-order valence-electron chi connectivity index (χ3n) is 25.6. The fourth-order valence-electron chi connectivity index (χ4n) is 19.2. The van der Waals surface area contributed by atoms with Crippen LogP contribution in [0.15, 0.2) is 426 Å². The Balaban J connectivity index is 0.624. The Labute approximate surface area is 736 Å². The van der Waals surface area contributed by atoms with Crippen LogP contribution in [0.25, 0.3) is 90.0 Å². The molecule has 4 nitrogen and oxygen atoms in total. The topological polar surface area (TPSA) is 24.9 Å². The molecular formula is C120H90F2N2O2. The van der Waals surface area contributed by atoms with Crippen LogP contribution in [0.5, 0.6) is 11.5 Å². The van der Waals surface area contributed by atoms with Gasteiger partial charge in [0.25, 0.3) is 0 Å². The number of halogens is 2. The Kier molecular flexibility index (Phi) is 20.9. The van der Waals surface area contributed by atoms with E-state index in [1.165, 1.54) is 90.0 Å². The molecule has 0 saturated carbocycles. The van der Waals surface area contributed by atoms with Crippen LogP contribution in [0.4, 0.5) is 42.9 Å². The largest absolute Gasteiger partial charge is 0.489 e. The summed E-state index contributed by atoms with van der Waals surface area (Å²) in [6, 6.07) is 145. The highest BCUT2D eigenvalue weighted by atomic mass is 19.1. The van der Waals surface area contributed by atoms with Gasteiger partial charge in [-0.3, -0.25) is 0 Å². The summed E-state index contributed by atoms with van der Waals surface area (Å²) >= 11 is 0. The van der Waals surface area contributed by atoms with Crippen molar-refractivity contribution in [2.75, 3.05) is 9.80 Å². The Hall–Kier alpha value is -15.5. The Bertz CT molecular complexity index is 6690. The zero-order valence-electron chi connectivity index (χ0n) is 70.7. The molecular weight excluding hydrogens is 1540 g/mol. The fraction of sp³-hybridized carbons (Fsp3) is 0.0667. The van der Waals surface area contributed by atoms with Gasteiger partial charge in [-0.2, -0.15) is 0 Å². The van der Waals surface area contributed by atoms with E-state index in [1.54, 1.807) is 12.1 Å². The van der Waals surface area contributed by atoms with E-state index in [2.05, 4.69) is 390 Å². The molecule has 0 spiro atoms. The standard InChI is InChI=1S/C120H90F2N2O2/c1-7-83-29-33-85(34-30-83)77-125-103-67-51-95(52-68-103)119(113-73-79(3)25-27-81(113)5)111-21-13-9-19-107(111)109-71-49-93(75-115(109)119)89-41-59-99(60-42-89)123(101-63-45-91(46-64-101)105-17-11-15-23-117(105)121)97-55-37-87(38-56-97)88-39-57-98(58-40-88)124(102-65-47-92(48-66-102)106-18-12-16-24-118(106)122)100-61-43-90(44-62-100)94-50-72-110-108-20-10-14-22-112(108)120(116(110)76-94,114-74-80(4)26-28-82(114)6)96-53-69-104(70-54-96)126-78-86-35-31-84(8-2)32-36-86/h7-76H,1-2,77-78H2,3-6H3. The number of hydrogen-bond acceptors (Lipinski definition) is 4. The van der Waals surface area contributed by atoms with E-state index in [9.17, 15) is 0 Å². The summed E-state index contributed by atoms with van der Waals surface area (Å²) < 4.78 is 43.9. The summed E-state index contributed by atoms with van der Waals surface area (Å²) in [5.74, 6) is 1.07. The van der Waals surface area contributed by atoms with Crippen LogP contribution in [-0.2, 0) is 24.0 Å². The van der Waals surface area contributed by atoms with Crippen LogP contribution in [0, 0.1) is 39.3 Å². The number of anilines is 6. The fourth-order valence-corrected chi connectivity index (χ4v) is 19.2. The molecule has 6 heteroatoms. The van der Waals surface area contributed by atoms with Crippen LogP contribution in [0.2, 0.25) is 0 Å². The summed E-state index contributed by atoms with van der Waals surface area (Å²) in [5, 5.41) is 0. The van der Waals surface area contributed by atoms with Crippen molar-refractivity contribution in [3.8, 4) is 89.4 Å². The normalized spacial score (nSPS) is 14.0. The lowest BCUT2D eigenvalue weighted by molar-refractivity contribution is 0.306. The first-order valence-corrected chi connectivity index (χ1v) is 43.0. The first-order chi connectivity index (χ1) is 61.8. The molecule has 0 bridgehead atoms. The van der Waals surface area contributed by atoms with Gasteiger partial charge in [-0.25, -0.2) is 8.78 Å². The highest BCUT2D eigenvalue weighted by molar-refractivity contribution is 5.92. The molecule has 2 unspecified atom stereocenters. The van der Waals surface area contributed by atoms with Gasteiger partial charge in [0.2, 0.25) is 0 Å². The molecule has 18 aromatic rings. The average molecular weight is 1630 g/mol. The molecule has 18 aromatic carbocycles. The minimum atomic E-state index is -0.654. The van der Waals surface area contributed by atoms with Crippen molar-refractivity contribution in [2.45, 2.75) is 51.7 Å². The van der Waals surface area contributed by atoms with E-state index >= 15 is 8.78 Å². The molecule has 20 rings (SSSR count). The molecule has 0 saturated heterocycles. The van der Waals surface area contributed by atoms with Crippen molar-refractivity contribution in [1.29, 1.82) is 0 Å². The number of nitrogens with zero attached hydrogens (tertiary/aromatic N) is 2. The number of ether oxygens (including phenoxy) is 2. The third kappa shape index (κ3) is 14.5. The quantitative estimate of drug-likeness (QED) is 0.0637. The zero-order chi connectivity index (χ0) is 85.6. The van der Waals surface area contributed by atoms with E-state index in [-0.39, 0.29) is 11.6 Å². The zero-order valence-corrected chi connectivity index (χ0v) is 70.7. The summed E-state index contributed by atoms with van der Waals surface area (Å²) in [6.45, 7) is 17.6. The summed E-state index contributed by atoms with van der Waals surface area (Å²) in [7, 11) is 0. The van der Waals surface area contributed by atoms with Crippen molar-refractivity contribution in [1.82, 2.24) is 0 Å². The highest BCUT2D eigenvalue weighted by Gasteiger charge is 2.49. The van der Waals surface area contributed by atoms with Gasteiger partial charge in [0.15, 0.2) is 0 Å². The van der Waals surface area contributed by atoms with Gasteiger partial charge in [-0.1, -0.05) is 328 Å². The van der Waals surface area contributed by atoms with Gasteiger partial charge in [-0.15, -0.1) is 0 Å². The number of hydrogen-bond donors (Lipinski definition) is 0. The molecule has 0 radical (unpaired) electrons. The molecule has 2 aliphatic carbocycles. The van der Waals surface area contributed by atoms with E-state index in [0.717, 1.165) is 124 Å². The average Bonchev–Trinajstić information content (AvgIpc) is 1.53.